The van der Waals surface area contributed by atoms with Gasteiger partial charge in [0.1, 0.15) is 16.8 Å². The lowest BCUT2D eigenvalue weighted by Crippen LogP contribution is -2.12. The summed E-state index contributed by atoms with van der Waals surface area (Å²) in [4.78, 5) is 16.3. The molecule has 0 saturated heterocycles. The van der Waals surface area contributed by atoms with Gasteiger partial charge in [0.05, 0.1) is 5.01 Å². The van der Waals surface area contributed by atoms with Gasteiger partial charge in [0, 0.05) is 18.4 Å². The SMILES string of the molecule is COC(C)c1nnc(NC(=O)c2csc(C(C)C)n2)s1. The summed E-state index contributed by atoms with van der Waals surface area (Å²) < 4.78 is 5.15. The van der Waals surface area contributed by atoms with Gasteiger partial charge in [-0.1, -0.05) is 25.2 Å². The molecule has 0 bridgehead atoms. The van der Waals surface area contributed by atoms with Crippen LogP contribution >= 0.6 is 22.7 Å². The number of rotatable bonds is 5. The van der Waals surface area contributed by atoms with Crippen LogP contribution in [0.4, 0.5) is 5.13 Å². The molecular weight excluding hydrogens is 296 g/mol. The largest absolute Gasteiger partial charge is 0.374 e. The molecule has 2 aromatic rings. The highest BCUT2D eigenvalue weighted by Crippen LogP contribution is 2.24. The van der Waals surface area contributed by atoms with E-state index in [1.807, 2.05) is 20.8 Å². The Morgan fingerprint density at radius 3 is 2.65 bits per heavy atom. The number of hydrogen-bond donors (Lipinski definition) is 1. The summed E-state index contributed by atoms with van der Waals surface area (Å²) in [5.41, 5.74) is 0.412. The van der Waals surface area contributed by atoms with Crippen molar-refractivity contribution in [1.29, 1.82) is 0 Å². The summed E-state index contributed by atoms with van der Waals surface area (Å²) in [6, 6.07) is 0. The first kappa shape index (κ1) is 15.0. The summed E-state index contributed by atoms with van der Waals surface area (Å²) in [5.74, 6) is 0.0538. The minimum atomic E-state index is -0.263. The summed E-state index contributed by atoms with van der Waals surface area (Å²) in [6.45, 7) is 5.97. The minimum Gasteiger partial charge on any atom is -0.374 e. The normalized spacial score (nSPS) is 12.7. The summed E-state index contributed by atoms with van der Waals surface area (Å²) >= 11 is 2.78. The van der Waals surface area contributed by atoms with Crippen LogP contribution in [0.2, 0.25) is 0 Å². The predicted octanol–water partition coefficient (Wildman–Crippen LogP) is 3.08. The zero-order chi connectivity index (χ0) is 14.7. The molecule has 0 spiro atoms. The lowest BCUT2D eigenvalue weighted by molar-refractivity contribution is 0.102. The van der Waals surface area contributed by atoms with Crippen LogP contribution in [0.1, 0.15) is 53.3 Å². The fourth-order valence-electron chi connectivity index (χ4n) is 1.37. The molecule has 6 nitrogen and oxygen atoms in total. The van der Waals surface area contributed by atoms with E-state index < -0.39 is 0 Å². The predicted molar refractivity (Wildman–Crippen MR) is 79.5 cm³/mol. The molecule has 1 atom stereocenters. The second-order valence-electron chi connectivity index (χ2n) is 4.50. The molecule has 2 heterocycles. The molecule has 1 unspecified atom stereocenters. The summed E-state index contributed by atoms with van der Waals surface area (Å²) in [7, 11) is 1.60. The van der Waals surface area contributed by atoms with Crippen LogP contribution in [0, 0.1) is 0 Å². The van der Waals surface area contributed by atoms with E-state index in [-0.39, 0.29) is 12.0 Å². The molecule has 0 fully saturated rings. The van der Waals surface area contributed by atoms with E-state index in [0.29, 0.717) is 16.7 Å². The average Bonchev–Trinajstić information content (AvgIpc) is 3.06. The molecule has 0 aromatic carbocycles. The maximum absolute atomic E-state index is 12.0. The highest BCUT2D eigenvalue weighted by Gasteiger charge is 2.16. The van der Waals surface area contributed by atoms with Gasteiger partial charge in [-0.25, -0.2) is 4.98 Å². The Balaban J connectivity index is 2.05. The van der Waals surface area contributed by atoms with Crippen LogP contribution in [0.15, 0.2) is 5.38 Å². The molecule has 2 aromatic heterocycles. The number of aromatic nitrogens is 3. The van der Waals surface area contributed by atoms with Gasteiger partial charge in [-0.05, 0) is 6.92 Å². The van der Waals surface area contributed by atoms with Gasteiger partial charge < -0.3 is 4.74 Å². The summed E-state index contributed by atoms with van der Waals surface area (Å²) in [5, 5.41) is 14.5. The third-order valence-electron chi connectivity index (χ3n) is 2.61. The first-order valence-corrected chi connectivity index (χ1v) is 7.83. The van der Waals surface area contributed by atoms with E-state index in [1.165, 1.54) is 22.7 Å². The molecule has 0 aliphatic heterocycles. The second kappa shape index (κ2) is 6.38. The fourth-order valence-corrected chi connectivity index (χ4v) is 2.95. The first-order valence-electron chi connectivity index (χ1n) is 6.14. The lowest BCUT2D eigenvalue weighted by atomic mass is 10.2. The quantitative estimate of drug-likeness (QED) is 0.918. The first-order chi connectivity index (χ1) is 9.51. The van der Waals surface area contributed by atoms with Crippen LogP contribution in [0.5, 0.6) is 0 Å². The topological polar surface area (TPSA) is 77.0 Å². The minimum absolute atomic E-state index is 0.134. The van der Waals surface area contributed by atoms with Crippen molar-refractivity contribution in [3.63, 3.8) is 0 Å². The second-order valence-corrected chi connectivity index (χ2v) is 6.40. The monoisotopic (exact) mass is 312 g/mol. The van der Waals surface area contributed by atoms with E-state index in [1.54, 1.807) is 12.5 Å². The number of ether oxygens (including phenoxy) is 1. The zero-order valence-electron chi connectivity index (χ0n) is 11.7. The molecule has 1 amide bonds. The van der Waals surface area contributed by atoms with Gasteiger partial charge in [0.2, 0.25) is 5.13 Å². The average molecular weight is 312 g/mol. The molecule has 20 heavy (non-hydrogen) atoms. The van der Waals surface area contributed by atoms with Crippen LogP contribution in [0.25, 0.3) is 0 Å². The molecule has 1 N–H and O–H groups in total. The van der Waals surface area contributed by atoms with E-state index in [9.17, 15) is 4.79 Å². The Bertz CT molecular complexity index is 594. The number of carbonyl (C=O) groups is 1. The number of hydrogen-bond acceptors (Lipinski definition) is 7. The van der Waals surface area contributed by atoms with Crippen molar-refractivity contribution < 1.29 is 9.53 Å². The Labute approximate surface area is 125 Å². The third kappa shape index (κ3) is 3.38. The van der Waals surface area contributed by atoms with Crippen molar-refractivity contribution in [3.8, 4) is 0 Å². The Morgan fingerprint density at radius 1 is 1.30 bits per heavy atom. The van der Waals surface area contributed by atoms with Crippen molar-refractivity contribution in [2.75, 3.05) is 12.4 Å². The molecule has 0 saturated carbocycles. The van der Waals surface area contributed by atoms with Gasteiger partial charge in [-0.2, -0.15) is 0 Å². The van der Waals surface area contributed by atoms with Gasteiger partial charge in [0.15, 0.2) is 0 Å². The number of nitrogens with zero attached hydrogens (tertiary/aromatic N) is 3. The smallest absolute Gasteiger partial charge is 0.276 e. The van der Waals surface area contributed by atoms with Gasteiger partial charge in [-0.3, -0.25) is 10.1 Å². The highest BCUT2D eigenvalue weighted by molar-refractivity contribution is 7.15. The Morgan fingerprint density at radius 2 is 2.05 bits per heavy atom. The van der Waals surface area contributed by atoms with Gasteiger partial charge in [-0.15, -0.1) is 21.5 Å². The molecule has 0 radical (unpaired) electrons. The fraction of sp³-hybridized carbons (Fsp3) is 0.500. The van der Waals surface area contributed by atoms with Crippen LogP contribution < -0.4 is 5.32 Å². The molecule has 8 heteroatoms. The van der Waals surface area contributed by atoms with Gasteiger partial charge >= 0.3 is 0 Å². The maximum Gasteiger partial charge on any atom is 0.276 e. The number of thiazole rings is 1. The molecule has 108 valence electrons. The van der Waals surface area contributed by atoms with Crippen molar-refractivity contribution in [1.82, 2.24) is 15.2 Å². The number of methoxy groups -OCH3 is 1. The molecule has 0 aliphatic carbocycles. The number of nitrogens with one attached hydrogen (secondary N) is 1. The van der Waals surface area contributed by atoms with Crippen LogP contribution in [0.3, 0.4) is 0 Å². The van der Waals surface area contributed by atoms with E-state index in [4.69, 9.17) is 4.74 Å². The molecule has 2 rings (SSSR count). The maximum atomic E-state index is 12.0. The standard InChI is InChI=1S/C12H16N4O2S2/c1-6(2)10-13-8(5-19-10)9(17)14-12-16-15-11(20-12)7(3)18-4/h5-7H,1-4H3,(H,14,16,17). The van der Waals surface area contributed by atoms with Gasteiger partial charge in [0.25, 0.3) is 5.91 Å². The van der Waals surface area contributed by atoms with E-state index >= 15 is 0 Å². The molecular formula is C12H16N4O2S2. The zero-order valence-corrected chi connectivity index (χ0v) is 13.3. The lowest BCUT2D eigenvalue weighted by Gasteiger charge is -2.02. The van der Waals surface area contributed by atoms with Crippen molar-refractivity contribution in [2.45, 2.75) is 32.8 Å². The van der Waals surface area contributed by atoms with E-state index in [0.717, 1.165) is 10.0 Å². The Kier molecular flexibility index (Phi) is 4.79. The number of amides is 1. The van der Waals surface area contributed by atoms with E-state index in [2.05, 4.69) is 20.5 Å². The Hall–Kier alpha value is -1.38. The van der Waals surface area contributed by atoms with Crippen molar-refractivity contribution in [2.24, 2.45) is 0 Å². The van der Waals surface area contributed by atoms with Crippen molar-refractivity contribution >= 4 is 33.7 Å². The molecule has 0 aliphatic rings. The highest BCUT2D eigenvalue weighted by atomic mass is 32.1. The van der Waals surface area contributed by atoms with Crippen LogP contribution in [-0.2, 0) is 4.74 Å². The third-order valence-corrected chi connectivity index (χ3v) is 4.76. The van der Waals surface area contributed by atoms with Crippen LogP contribution in [-0.4, -0.2) is 28.2 Å². The summed E-state index contributed by atoms with van der Waals surface area (Å²) in [6.07, 6.45) is -0.134. The number of carbonyl (C=O) groups excluding carboxylic acids is 1. The van der Waals surface area contributed by atoms with Crippen molar-refractivity contribution in [3.05, 3.63) is 21.1 Å². The number of anilines is 1.